The summed E-state index contributed by atoms with van der Waals surface area (Å²) in [4.78, 5) is 12.2. The highest BCUT2D eigenvalue weighted by atomic mass is 16.2. The van der Waals surface area contributed by atoms with Crippen LogP contribution in [0.15, 0.2) is 36.5 Å². The van der Waals surface area contributed by atoms with Crippen molar-refractivity contribution in [1.82, 2.24) is 15.1 Å². The molecule has 1 saturated carbocycles. The highest BCUT2D eigenvalue weighted by Gasteiger charge is 2.18. The molecule has 0 saturated heterocycles. The van der Waals surface area contributed by atoms with Crippen LogP contribution in [0.2, 0.25) is 0 Å². The van der Waals surface area contributed by atoms with Crippen molar-refractivity contribution in [3.8, 4) is 5.69 Å². The van der Waals surface area contributed by atoms with Gasteiger partial charge in [0, 0.05) is 17.9 Å². The molecule has 1 heterocycles. The van der Waals surface area contributed by atoms with Crippen LogP contribution in [0, 0.1) is 0 Å². The molecule has 5 heteroatoms. The summed E-state index contributed by atoms with van der Waals surface area (Å²) < 4.78 is 1.69. The van der Waals surface area contributed by atoms with E-state index >= 15 is 0 Å². The van der Waals surface area contributed by atoms with E-state index in [0.29, 0.717) is 17.4 Å². The molecule has 1 aliphatic rings. The van der Waals surface area contributed by atoms with Gasteiger partial charge in [-0.15, -0.1) is 0 Å². The van der Waals surface area contributed by atoms with E-state index in [4.69, 9.17) is 5.73 Å². The lowest BCUT2D eigenvalue weighted by molar-refractivity contribution is 0.0922. The Labute approximate surface area is 124 Å². The molecular weight excluding hydrogens is 264 g/mol. The zero-order chi connectivity index (χ0) is 14.7. The Morgan fingerprint density at radius 1 is 1.14 bits per heavy atom. The average Bonchev–Trinajstić information content (AvgIpc) is 2.99. The molecule has 1 amide bonds. The van der Waals surface area contributed by atoms with Crippen LogP contribution in [-0.2, 0) is 0 Å². The van der Waals surface area contributed by atoms with Gasteiger partial charge < -0.3 is 11.1 Å². The van der Waals surface area contributed by atoms with Crippen LogP contribution in [0.5, 0.6) is 0 Å². The van der Waals surface area contributed by atoms with E-state index in [0.717, 1.165) is 18.5 Å². The smallest absolute Gasteiger partial charge is 0.272 e. The van der Waals surface area contributed by atoms with Crippen molar-refractivity contribution >= 4 is 11.6 Å². The number of hydrogen-bond donors (Lipinski definition) is 2. The SMILES string of the molecule is Nc1ccc(-n2ccc(C(=O)NC3CCCCC3)n2)cc1. The van der Waals surface area contributed by atoms with Gasteiger partial charge in [0.25, 0.3) is 5.91 Å². The number of nitrogen functional groups attached to an aromatic ring is 1. The number of nitrogens with two attached hydrogens (primary N) is 1. The number of anilines is 1. The van der Waals surface area contributed by atoms with Crippen LogP contribution >= 0.6 is 0 Å². The van der Waals surface area contributed by atoms with E-state index in [1.165, 1.54) is 19.3 Å². The standard InChI is InChI=1S/C16H20N4O/c17-12-6-8-14(9-7-12)20-11-10-15(19-20)16(21)18-13-4-2-1-3-5-13/h6-11,13H,1-5,17H2,(H,18,21). The fraction of sp³-hybridized carbons (Fsp3) is 0.375. The molecule has 1 aliphatic carbocycles. The molecule has 0 unspecified atom stereocenters. The first-order chi connectivity index (χ1) is 10.2. The maximum absolute atomic E-state index is 12.2. The van der Waals surface area contributed by atoms with Crippen molar-refractivity contribution in [2.75, 3.05) is 5.73 Å². The summed E-state index contributed by atoms with van der Waals surface area (Å²) in [6, 6.07) is 9.44. The van der Waals surface area contributed by atoms with E-state index in [9.17, 15) is 4.79 Å². The number of carbonyl (C=O) groups is 1. The van der Waals surface area contributed by atoms with Crippen LogP contribution in [0.25, 0.3) is 5.69 Å². The molecule has 0 aliphatic heterocycles. The Morgan fingerprint density at radius 3 is 2.57 bits per heavy atom. The number of hydrogen-bond acceptors (Lipinski definition) is 3. The molecule has 21 heavy (non-hydrogen) atoms. The molecule has 0 radical (unpaired) electrons. The van der Waals surface area contributed by atoms with Gasteiger partial charge in [0.15, 0.2) is 5.69 Å². The Morgan fingerprint density at radius 2 is 1.86 bits per heavy atom. The van der Waals surface area contributed by atoms with Gasteiger partial charge in [-0.1, -0.05) is 19.3 Å². The van der Waals surface area contributed by atoms with Gasteiger partial charge >= 0.3 is 0 Å². The molecular formula is C16H20N4O. The molecule has 0 spiro atoms. The largest absolute Gasteiger partial charge is 0.399 e. The monoisotopic (exact) mass is 284 g/mol. The number of benzene rings is 1. The predicted octanol–water partition coefficient (Wildman–Crippen LogP) is 2.52. The van der Waals surface area contributed by atoms with E-state index in [-0.39, 0.29) is 5.91 Å². The first kappa shape index (κ1) is 13.7. The second-order valence-electron chi connectivity index (χ2n) is 5.55. The minimum Gasteiger partial charge on any atom is -0.399 e. The molecule has 1 aromatic carbocycles. The average molecular weight is 284 g/mol. The van der Waals surface area contributed by atoms with Gasteiger partial charge in [0.05, 0.1) is 5.69 Å². The van der Waals surface area contributed by atoms with Crippen molar-refractivity contribution in [2.24, 2.45) is 0 Å². The number of nitrogens with one attached hydrogen (secondary N) is 1. The molecule has 0 atom stereocenters. The van der Waals surface area contributed by atoms with Gasteiger partial charge in [-0.2, -0.15) is 5.10 Å². The molecule has 3 rings (SSSR count). The highest BCUT2D eigenvalue weighted by Crippen LogP contribution is 2.18. The number of nitrogens with zero attached hydrogens (tertiary/aromatic N) is 2. The van der Waals surface area contributed by atoms with Gasteiger partial charge in [-0.25, -0.2) is 4.68 Å². The third-order valence-electron chi connectivity index (χ3n) is 3.92. The Kier molecular flexibility index (Phi) is 3.90. The topological polar surface area (TPSA) is 72.9 Å². The number of amides is 1. The quantitative estimate of drug-likeness (QED) is 0.851. The lowest BCUT2D eigenvalue weighted by atomic mass is 9.95. The maximum atomic E-state index is 12.2. The maximum Gasteiger partial charge on any atom is 0.272 e. The fourth-order valence-electron chi connectivity index (χ4n) is 2.72. The Balaban J connectivity index is 1.69. The summed E-state index contributed by atoms with van der Waals surface area (Å²) in [5, 5.41) is 7.41. The lowest BCUT2D eigenvalue weighted by Gasteiger charge is -2.22. The fourth-order valence-corrected chi connectivity index (χ4v) is 2.72. The van der Waals surface area contributed by atoms with Crippen molar-refractivity contribution in [2.45, 2.75) is 38.1 Å². The molecule has 0 bridgehead atoms. The molecule has 2 aromatic rings. The van der Waals surface area contributed by atoms with Crippen LogP contribution in [0.1, 0.15) is 42.6 Å². The van der Waals surface area contributed by atoms with E-state index in [1.54, 1.807) is 16.9 Å². The molecule has 110 valence electrons. The minimum atomic E-state index is -0.0869. The van der Waals surface area contributed by atoms with Crippen molar-refractivity contribution in [3.63, 3.8) is 0 Å². The van der Waals surface area contributed by atoms with Crippen molar-refractivity contribution in [1.29, 1.82) is 0 Å². The van der Waals surface area contributed by atoms with Gasteiger partial charge in [0.1, 0.15) is 0 Å². The van der Waals surface area contributed by atoms with Gasteiger partial charge in [-0.05, 0) is 43.2 Å². The first-order valence-electron chi connectivity index (χ1n) is 7.45. The van der Waals surface area contributed by atoms with Gasteiger partial charge in [-0.3, -0.25) is 4.79 Å². The van der Waals surface area contributed by atoms with Crippen LogP contribution in [0.3, 0.4) is 0 Å². The highest BCUT2D eigenvalue weighted by molar-refractivity contribution is 5.92. The molecule has 3 N–H and O–H groups in total. The van der Waals surface area contributed by atoms with Crippen LogP contribution < -0.4 is 11.1 Å². The minimum absolute atomic E-state index is 0.0869. The number of rotatable bonds is 3. The van der Waals surface area contributed by atoms with E-state index in [2.05, 4.69) is 10.4 Å². The summed E-state index contributed by atoms with van der Waals surface area (Å²) >= 11 is 0. The Hall–Kier alpha value is -2.30. The zero-order valence-corrected chi connectivity index (χ0v) is 12.0. The zero-order valence-electron chi connectivity index (χ0n) is 12.0. The second kappa shape index (κ2) is 5.99. The number of aromatic nitrogens is 2. The Bertz CT molecular complexity index is 611. The third kappa shape index (κ3) is 3.24. The third-order valence-corrected chi connectivity index (χ3v) is 3.92. The summed E-state index contributed by atoms with van der Waals surface area (Å²) in [7, 11) is 0. The van der Waals surface area contributed by atoms with Crippen molar-refractivity contribution < 1.29 is 4.79 Å². The van der Waals surface area contributed by atoms with E-state index < -0.39 is 0 Å². The molecule has 5 nitrogen and oxygen atoms in total. The second-order valence-corrected chi connectivity index (χ2v) is 5.55. The summed E-state index contributed by atoms with van der Waals surface area (Å²) in [6.07, 6.45) is 7.61. The normalized spacial score (nSPS) is 15.8. The summed E-state index contributed by atoms with van der Waals surface area (Å²) in [5.74, 6) is -0.0869. The molecule has 1 fully saturated rings. The molecule has 1 aromatic heterocycles. The first-order valence-corrected chi connectivity index (χ1v) is 7.45. The summed E-state index contributed by atoms with van der Waals surface area (Å²) in [6.45, 7) is 0. The summed E-state index contributed by atoms with van der Waals surface area (Å²) in [5.41, 5.74) is 7.72. The van der Waals surface area contributed by atoms with Gasteiger partial charge in [0.2, 0.25) is 0 Å². The van der Waals surface area contributed by atoms with E-state index in [1.807, 2.05) is 24.3 Å². The predicted molar refractivity (Wildman–Crippen MR) is 82.3 cm³/mol. The van der Waals surface area contributed by atoms with Crippen molar-refractivity contribution in [3.05, 3.63) is 42.2 Å². The van der Waals surface area contributed by atoms with Crippen LogP contribution in [0.4, 0.5) is 5.69 Å². The van der Waals surface area contributed by atoms with Crippen LogP contribution in [-0.4, -0.2) is 21.7 Å². The lowest BCUT2D eigenvalue weighted by Crippen LogP contribution is -2.36. The number of carbonyl (C=O) groups excluding carboxylic acids is 1.